The van der Waals surface area contributed by atoms with E-state index in [9.17, 15) is 4.79 Å². The highest BCUT2D eigenvalue weighted by atomic mass is 16.5. The highest BCUT2D eigenvalue weighted by Crippen LogP contribution is 2.30. The summed E-state index contributed by atoms with van der Waals surface area (Å²) in [4.78, 5) is 20.9. The minimum Gasteiger partial charge on any atom is -0.497 e. The average Bonchev–Trinajstić information content (AvgIpc) is 2.88. The summed E-state index contributed by atoms with van der Waals surface area (Å²) in [5.41, 5.74) is 5.10. The van der Waals surface area contributed by atoms with E-state index in [2.05, 4.69) is 22.3 Å². The molecule has 1 amide bonds. The van der Waals surface area contributed by atoms with Gasteiger partial charge in [0.2, 0.25) is 0 Å². The fourth-order valence-electron chi connectivity index (χ4n) is 5.08. The standard InChI is InChI=1S/C27H31N3O3/c1-32-20-12-10-19(11-13-20)25(30-14-16-33-17-15-30)18-28-27(31)26-21-6-2-4-8-23(21)29-24-9-5-3-7-22(24)26/h2,4,6,8,10-13,25H,3,5,7,9,14-18H2,1H3,(H,28,31). The first kappa shape index (κ1) is 21.9. The molecule has 1 saturated heterocycles. The van der Waals surface area contributed by atoms with E-state index in [1.54, 1.807) is 7.11 Å². The van der Waals surface area contributed by atoms with Crippen molar-refractivity contribution in [2.45, 2.75) is 31.7 Å². The van der Waals surface area contributed by atoms with Crippen molar-refractivity contribution in [1.29, 1.82) is 0 Å². The van der Waals surface area contributed by atoms with Gasteiger partial charge in [-0.15, -0.1) is 0 Å². The molecular weight excluding hydrogens is 414 g/mol. The molecule has 1 fully saturated rings. The van der Waals surface area contributed by atoms with Crippen LogP contribution in [0.5, 0.6) is 5.75 Å². The Labute approximate surface area is 194 Å². The molecular formula is C27H31N3O3. The highest BCUT2D eigenvalue weighted by Gasteiger charge is 2.26. The molecule has 0 saturated carbocycles. The van der Waals surface area contributed by atoms with Crippen molar-refractivity contribution >= 4 is 16.8 Å². The minimum absolute atomic E-state index is 0.00137. The van der Waals surface area contributed by atoms with Crippen molar-refractivity contribution in [3.05, 3.63) is 70.9 Å². The van der Waals surface area contributed by atoms with Crippen LogP contribution in [-0.4, -0.2) is 55.7 Å². The van der Waals surface area contributed by atoms with Crippen molar-refractivity contribution < 1.29 is 14.3 Å². The van der Waals surface area contributed by atoms with E-state index in [1.807, 2.05) is 36.4 Å². The van der Waals surface area contributed by atoms with Crippen molar-refractivity contribution in [3.63, 3.8) is 0 Å². The second-order valence-electron chi connectivity index (χ2n) is 8.78. The summed E-state index contributed by atoms with van der Waals surface area (Å²) in [6.45, 7) is 3.66. The number of morpholine rings is 1. The summed E-state index contributed by atoms with van der Waals surface area (Å²) in [5, 5.41) is 4.23. The lowest BCUT2D eigenvalue weighted by Crippen LogP contribution is -2.44. The molecule has 1 atom stereocenters. The van der Waals surface area contributed by atoms with Gasteiger partial charge in [0.25, 0.3) is 5.91 Å². The Morgan fingerprint density at radius 3 is 2.64 bits per heavy atom. The lowest BCUT2D eigenvalue weighted by molar-refractivity contribution is 0.0162. The number of aryl methyl sites for hydroxylation is 1. The smallest absolute Gasteiger partial charge is 0.252 e. The van der Waals surface area contributed by atoms with Gasteiger partial charge in [0.1, 0.15) is 5.75 Å². The Morgan fingerprint density at radius 2 is 1.85 bits per heavy atom. The predicted molar refractivity (Wildman–Crippen MR) is 129 cm³/mol. The van der Waals surface area contributed by atoms with Gasteiger partial charge in [-0.25, -0.2) is 0 Å². The molecule has 1 unspecified atom stereocenters. The third-order valence-corrected chi connectivity index (χ3v) is 6.84. The number of hydrogen-bond acceptors (Lipinski definition) is 5. The Hall–Kier alpha value is -2.96. The molecule has 1 aromatic heterocycles. The summed E-state index contributed by atoms with van der Waals surface area (Å²) in [6.07, 6.45) is 4.11. The number of aromatic nitrogens is 1. The molecule has 2 aromatic carbocycles. The average molecular weight is 446 g/mol. The maximum Gasteiger partial charge on any atom is 0.252 e. The topological polar surface area (TPSA) is 63.7 Å². The number of amides is 1. The molecule has 0 bridgehead atoms. The van der Waals surface area contributed by atoms with E-state index in [-0.39, 0.29) is 11.9 Å². The number of nitrogens with one attached hydrogen (secondary N) is 1. The Balaban J connectivity index is 1.44. The summed E-state index contributed by atoms with van der Waals surface area (Å²) in [7, 11) is 1.68. The molecule has 1 N–H and O–H groups in total. The van der Waals surface area contributed by atoms with Crippen LogP contribution in [0.3, 0.4) is 0 Å². The number of fused-ring (bicyclic) bond motifs is 2. The van der Waals surface area contributed by atoms with Crippen LogP contribution in [0.1, 0.15) is 46.1 Å². The SMILES string of the molecule is COc1ccc(C(CNC(=O)c2c3c(nc4ccccc24)CCCC3)N2CCOCC2)cc1. The zero-order valence-electron chi connectivity index (χ0n) is 19.2. The van der Waals surface area contributed by atoms with Crippen molar-refractivity contribution in [1.82, 2.24) is 15.2 Å². The number of benzene rings is 2. The van der Waals surface area contributed by atoms with Gasteiger partial charge in [0.15, 0.2) is 0 Å². The van der Waals surface area contributed by atoms with Crippen LogP contribution in [0, 0.1) is 0 Å². The normalized spacial score (nSPS) is 17.4. The van der Waals surface area contributed by atoms with Crippen LogP contribution in [0.25, 0.3) is 10.9 Å². The lowest BCUT2D eigenvalue weighted by atomic mass is 9.89. The fraction of sp³-hybridized carbons (Fsp3) is 0.407. The van der Waals surface area contributed by atoms with Gasteiger partial charge in [-0.05, 0) is 55.0 Å². The molecule has 1 aliphatic heterocycles. The molecule has 0 spiro atoms. The van der Waals surface area contributed by atoms with Crippen LogP contribution in [0.4, 0.5) is 0 Å². The molecule has 0 radical (unpaired) electrons. The summed E-state index contributed by atoms with van der Waals surface area (Å²) in [6, 6.07) is 16.2. The number of nitrogens with zero attached hydrogens (tertiary/aromatic N) is 2. The van der Waals surface area contributed by atoms with Crippen LogP contribution in [-0.2, 0) is 17.6 Å². The molecule has 5 rings (SSSR count). The van der Waals surface area contributed by atoms with E-state index in [1.165, 1.54) is 5.56 Å². The van der Waals surface area contributed by atoms with E-state index >= 15 is 0 Å². The van der Waals surface area contributed by atoms with Gasteiger partial charge in [0.05, 0.1) is 37.4 Å². The van der Waals surface area contributed by atoms with Gasteiger partial charge >= 0.3 is 0 Å². The van der Waals surface area contributed by atoms with E-state index < -0.39 is 0 Å². The minimum atomic E-state index is -0.00137. The van der Waals surface area contributed by atoms with Crippen LogP contribution >= 0.6 is 0 Å². The summed E-state index contributed by atoms with van der Waals surface area (Å²) in [5.74, 6) is 0.830. The predicted octanol–water partition coefficient (Wildman–Crippen LogP) is 3.93. The van der Waals surface area contributed by atoms with Gasteiger partial charge < -0.3 is 14.8 Å². The second-order valence-corrected chi connectivity index (χ2v) is 8.78. The number of rotatable bonds is 6. The van der Waals surface area contributed by atoms with Crippen molar-refractivity contribution in [2.75, 3.05) is 40.0 Å². The van der Waals surface area contributed by atoms with Crippen molar-refractivity contribution in [2.24, 2.45) is 0 Å². The summed E-state index contributed by atoms with van der Waals surface area (Å²) < 4.78 is 10.9. The van der Waals surface area contributed by atoms with Crippen molar-refractivity contribution in [3.8, 4) is 5.75 Å². The molecule has 6 nitrogen and oxygen atoms in total. The number of hydrogen-bond donors (Lipinski definition) is 1. The van der Waals surface area contributed by atoms with Crippen LogP contribution in [0.15, 0.2) is 48.5 Å². The van der Waals surface area contributed by atoms with E-state index in [4.69, 9.17) is 14.5 Å². The van der Waals surface area contributed by atoms with Gasteiger partial charge in [-0.3, -0.25) is 14.7 Å². The number of carbonyl (C=O) groups is 1. The zero-order valence-corrected chi connectivity index (χ0v) is 19.2. The largest absolute Gasteiger partial charge is 0.497 e. The quantitative estimate of drug-likeness (QED) is 0.623. The molecule has 3 aromatic rings. The Morgan fingerprint density at radius 1 is 1.09 bits per heavy atom. The van der Waals surface area contributed by atoms with Gasteiger partial charge in [-0.2, -0.15) is 0 Å². The molecule has 2 heterocycles. The van der Waals surface area contributed by atoms with Gasteiger partial charge in [0, 0.05) is 30.7 Å². The number of pyridine rings is 1. The molecule has 1 aliphatic carbocycles. The summed E-state index contributed by atoms with van der Waals surface area (Å²) >= 11 is 0. The Bertz CT molecular complexity index is 1120. The second kappa shape index (κ2) is 9.89. The molecule has 6 heteroatoms. The van der Waals surface area contributed by atoms with E-state index in [0.29, 0.717) is 19.8 Å². The third kappa shape index (κ3) is 4.59. The first-order valence-corrected chi connectivity index (χ1v) is 11.9. The maximum absolute atomic E-state index is 13.6. The Kier molecular flexibility index (Phi) is 6.55. The molecule has 172 valence electrons. The first-order valence-electron chi connectivity index (χ1n) is 11.9. The highest BCUT2D eigenvalue weighted by molar-refractivity contribution is 6.07. The number of para-hydroxylation sites is 1. The first-order chi connectivity index (χ1) is 16.2. The molecule has 2 aliphatic rings. The van der Waals surface area contributed by atoms with Crippen LogP contribution in [0.2, 0.25) is 0 Å². The third-order valence-electron chi connectivity index (χ3n) is 6.84. The maximum atomic E-state index is 13.6. The van der Waals surface area contributed by atoms with Gasteiger partial charge in [-0.1, -0.05) is 30.3 Å². The fourth-order valence-corrected chi connectivity index (χ4v) is 5.08. The molecule has 33 heavy (non-hydrogen) atoms. The number of carbonyl (C=O) groups excluding carboxylic acids is 1. The number of methoxy groups -OCH3 is 1. The zero-order chi connectivity index (χ0) is 22.6. The van der Waals surface area contributed by atoms with E-state index in [0.717, 1.165) is 72.2 Å². The monoisotopic (exact) mass is 445 g/mol. The van der Waals surface area contributed by atoms with Crippen LogP contribution < -0.4 is 10.1 Å². The number of ether oxygens (including phenoxy) is 2. The lowest BCUT2D eigenvalue weighted by Gasteiger charge is -2.35.